The summed E-state index contributed by atoms with van der Waals surface area (Å²) in [5.41, 5.74) is 14.7. The fourth-order valence-corrected chi connectivity index (χ4v) is 14.3. The molecule has 2 fully saturated rings. The monoisotopic (exact) mass is 1030 g/mol. The average Bonchev–Trinajstić information content (AvgIpc) is 3.72. The summed E-state index contributed by atoms with van der Waals surface area (Å²) in [6.07, 6.45) is 13.1. The molecule has 2 nitrogen and oxygen atoms in total. The maximum Gasteiger partial charge on any atom is 0.0546 e. The summed E-state index contributed by atoms with van der Waals surface area (Å²) in [6.45, 7) is 0. The molecule has 15 rings (SSSR count). The van der Waals surface area contributed by atoms with Crippen LogP contribution in [0.1, 0.15) is 87.2 Å². The standard InChI is InChI=1S/C78H64N2/c1-5-21-53(22-6-1)55-37-41-61(42-38-55)79(75-49-59-29-13-15-31-65(59)67-33-17-19-35-69(67)75)63-45-47-71-73(51-63)77(57-25-9-3-10-26-57)72-48-46-64(52-74(72)78(71)58-27-11-4-12-28-58)80(62-43-39-56(40-44-62)54-23-7-2-8-24-54)76-50-60-30-14-16-32-66(60)68-34-18-20-36-70(68)76/h3-4,9-20,25-54H,1-2,5-8,21-24H2. The fourth-order valence-electron chi connectivity index (χ4n) is 14.3. The van der Waals surface area contributed by atoms with Crippen LogP contribution >= 0.6 is 0 Å². The highest BCUT2D eigenvalue weighted by Gasteiger charge is 2.26. The average molecular weight is 1030 g/mol. The summed E-state index contributed by atoms with van der Waals surface area (Å²) in [5, 5.41) is 14.9. The van der Waals surface area contributed by atoms with Gasteiger partial charge in [0.15, 0.2) is 0 Å². The molecule has 2 aliphatic carbocycles. The van der Waals surface area contributed by atoms with E-state index in [1.54, 1.807) is 0 Å². The highest BCUT2D eigenvalue weighted by atomic mass is 15.1. The van der Waals surface area contributed by atoms with Crippen LogP contribution in [0, 0.1) is 0 Å². The summed E-state index contributed by atoms with van der Waals surface area (Å²) >= 11 is 0. The third-order valence-corrected chi connectivity index (χ3v) is 18.2. The van der Waals surface area contributed by atoms with Gasteiger partial charge in [0.1, 0.15) is 0 Å². The molecule has 0 heterocycles. The Bertz CT molecular complexity index is 4130. The van der Waals surface area contributed by atoms with Gasteiger partial charge in [0.25, 0.3) is 0 Å². The molecule has 0 radical (unpaired) electrons. The fraction of sp³-hybridized carbons (Fsp3) is 0.154. The lowest BCUT2D eigenvalue weighted by molar-refractivity contribution is 0.443. The van der Waals surface area contributed by atoms with Crippen molar-refractivity contribution in [3.8, 4) is 22.3 Å². The molecule has 2 aliphatic rings. The first-order chi connectivity index (χ1) is 39.7. The molecule has 0 bridgehead atoms. The molecule has 0 amide bonds. The Kier molecular flexibility index (Phi) is 12.4. The Balaban J connectivity index is 0.989. The third kappa shape index (κ3) is 8.57. The Hall–Kier alpha value is -8.98. The Labute approximate surface area is 470 Å². The van der Waals surface area contributed by atoms with E-state index in [-0.39, 0.29) is 0 Å². The molecule has 0 aliphatic heterocycles. The lowest BCUT2D eigenvalue weighted by Gasteiger charge is -2.30. The first-order valence-corrected chi connectivity index (χ1v) is 29.5. The molecule has 2 heteroatoms. The lowest BCUT2D eigenvalue weighted by atomic mass is 9.84. The molecule has 0 saturated heterocycles. The van der Waals surface area contributed by atoms with E-state index in [2.05, 4.69) is 265 Å². The molecule has 0 unspecified atom stereocenters. The van der Waals surface area contributed by atoms with E-state index in [0.29, 0.717) is 11.8 Å². The number of hydrogen-bond donors (Lipinski definition) is 0. The van der Waals surface area contributed by atoms with E-state index >= 15 is 0 Å². The zero-order valence-electron chi connectivity index (χ0n) is 45.4. The Morgan fingerprint density at radius 2 is 0.575 bits per heavy atom. The summed E-state index contributed by atoms with van der Waals surface area (Å²) in [4.78, 5) is 5.07. The molecular formula is C78H64N2. The number of hydrogen-bond acceptors (Lipinski definition) is 2. The summed E-state index contributed by atoms with van der Waals surface area (Å²) in [6, 6.07) is 96.7. The maximum absolute atomic E-state index is 2.54. The number of rotatable bonds is 10. The van der Waals surface area contributed by atoms with Gasteiger partial charge in [0.05, 0.1) is 11.4 Å². The van der Waals surface area contributed by atoms with Crippen molar-refractivity contribution in [1.82, 2.24) is 0 Å². The van der Waals surface area contributed by atoms with Crippen LogP contribution in [0.25, 0.3) is 86.9 Å². The first kappa shape index (κ1) is 48.2. The van der Waals surface area contributed by atoms with Gasteiger partial charge < -0.3 is 9.80 Å². The van der Waals surface area contributed by atoms with E-state index < -0.39 is 0 Å². The van der Waals surface area contributed by atoms with Gasteiger partial charge in [-0.15, -0.1) is 0 Å². The summed E-state index contributed by atoms with van der Waals surface area (Å²) in [5.74, 6) is 1.25. The minimum atomic E-state index is 0.623. The second-order valence-electron chi connectivity index (χ2n) is 22.8. The molecule has 0 aromatic heterocycles. The van der Waals surface area contributed by atoms with Crippen LogP contribution in [0.5, 0.6) is 0 Å². The van der Waals surface area contributed by atoms with Gasteiger partial charge in [-0.1, -0.05) is 233 Å². The molecule has 0 spiro atoms. The molecule has 13 aromatic rings. The Morgan fingerprint density at radius 1 is 0.237 bits per heavy atom. The predicted molar refractivity (Wildman–Crippen MR) is 343 cm³/mol. The van der Waals surface area contributed by atoms with Crippen molar-refractivity contribution >= 4 is 98.8 Å². The van der Waals surface area contributed by atoms with Gasteiger partial charge >= 0.3 is 0 Å². The number of fused-ring (bicyclic) bond motifs is 8. The number of benzene rings is 13. The van der Waals surface area contributed by atoms with E-state index in [1.165, 1.54) is 174 Å². The molecule has 13 aromatic carbocycles. The van der Waals surface area contributed by atoms with Crippen molar-refractivity contribution in [3.05, 3.63) is 266 Å². The largest absolute Gasteiger partial charge is 0.310 e. The Morgan fingerprint density at radius 3 is 0.975 bits per heavy atom. The maximum atomic E-state index is 2.54. The van der Waals surface area contributed by atoms with Crippen LogP contribution < -0.4 is 9.80 Å². The second kappa shape index (κ2) is 20.7. The third-order valence-electron chi connectivity index (χ3n) is 18.2. The molecule has 0 atom stereocenters. The van der Waals surface area contributed by atoms with Gasteiger partial charge in [-0.05, 0) is 185 Å². The number of anilines is 6. The lowest BCUT2D eigenvalue weighted by Crippen LogP contribution is -2.12. The van der Waals surface area contributed by atoms with Crippen LogP contribution in [0.4, 0.5) is 34.1 Å². The van der Waals surface area contributed by atoms with Gasteiger partial charge in [-0.2, -0.15) is 0 Å². The minimum absolute atomic E-state index is 0.623. The van der Waals surface area contributed by atoms with Gasteiger partial charge in [-0.25, -0.2) is 0 Å². The number of nitrogens with zero attached hydrogens (tertiary/aromatic N) is 2. The molecule has 386 valence electrons. The smallest absolute Gasteiger partial charge is 0.0546 e. The highest BCUT2D eigenvalue weighted by molar-refractivity contribution is 6.24. The van der Waals surface area contributed by atoms with Gasteiger partial charge in [0, 0.05) is 33.5 Å². The molecule has 2 saturated carbocycles. The van der Waals surface area contributed by atoms with Crippen molar-refractivity contribution in [3.63, 3.8) is 0 Å². The van der Waals surface area contributed by atoms with E-state index in [4.69, 9.17) is 0 Å². The van der Waals surface area contributed by atoms with Crippen LogP contribution in [0.2, 0.25) is 0 Å². The zero-order valence-corrected chi connectivity index (χ0v) is 45.4. The zero-order chi connectivity index (χ0) is 52.9. The van der Waals surface area contributed by atoms with Crippen LogP contribution in [-0.4, -0.2) is 0 Å². The summed E-state index contributed by atoms with van der Waals surface area (Å²) in [7, 11) is 0. The first-order valence-electron chi connectivity index (χ1n) is 29.5. The van der Waals surface area contributed by atoms with Gasteiger partial charge in [-0.3, -0.25) is 0 Å². The van der Waals surface area contributed by atoms with Crippen molar-refractivity contribution in [2.45, 2.75) is 76.0 Å². The minimum Gasteiger partial charge on any atom is -0.310 e. The van der Waals surface area contributed by atoms with Crippen LogP contribution in [0.3, 0.4) is 0 Å². The summed E-state index contributed by atoms with van der Waals surface area (Å²) < 4.78 is 0. The highest BCUT2D eigenvalue weighted by Crippen LogP contribution is 2.51. The molecular weight excluding hydrogens is 965 g/mol. The van der Waals surface area contributed by atoms with Crippen LogP contribution in [0.15, 0.2) is 255 Å². The quantitative estimate of drug-likeness (QED) is 0.0995. The SMILES string of the molecule is c1ccc(-c2c3ccc(N(c4ccc(C5CCCCC5)cc4)c4cc5ccccc5c5ccccc45)cc3c(-c3ccccc3)c3ccc(N(c4ccc(C5CCCCC5)cc4)c4cc5ccccc5c5ccccc45)cc23)cc1. The van der Waals surface area contributed by atoms with E-state index in [1.807, 2.05) is 0 Å². The van der Waals surface area contributed by atoms with Crippen molar-refractivity contribution in [2.75, 3.05) is 9.80 Å². The van der Waals surface area contributed by atoms with Gasteiger partial charge in [0.2, 0.25) is 0 Å². The van der Waals surface area contributed by atoms with E-state index in [9.17, 15) is 0 Å². The van der Waals surface area contributed by atoms with Crippen molar-refractivity contribution in [2.24, 2.45) is 0 Å². The normalized spacial score (nSPS) is 14.4. The second-order valence-corrected chi connectivity index (χ2v) is 22.8. The molecule has 0 N–H and O–H groups in total. The predicted octanol–water partition coefficient (Wildman–Crippen LogP) is 23.0. The van der Waals surface area contributed by atoms with Crippen LogP contribution in [-0.2, 0) is 0 Å². The van der Waals surface area contributed by atoms with Crippen molar-refractivity contribution < 1.29 is 0 Å². The molecule has 80 heavy (non-hydrogen) atoms. The van der Waals surface area contributed by atoms with Crippen molar-refractivity contribution in [1.29, 1.82) is 0 Å². The van der Waals surface area contributed by atoms with E-state index in [0.717, 1.165) is 22.7 Å². The topological polar surface area (TPSA) is 6.48 Å².